The van der Waals surface area contributed by atoms with Gasteiger partial charge in [0.2, 0.25) is 0 Å². The number of carbonyl (C=O) groups is 1. The Labute approximate surface area is 132 Å². The molecule has 0 aliphatic carbocycles. The van der Waals surface area contributed by atoms with Crippen LogP contribution in [0.25, 0.3) is 0 Å². The lowest BCUT2D eigenvalue weighted by atomic mass is 9.95. The maximum atomic E-state index is 12.2. The second kappa shape index (κ2) is 6.30. The van der Waals surface area contributed by atoms with Gasteiger partial charge in [0.15, 0.2) is 14.6 Å². The zero-order chi connectivity index (χ0) is 15.7. The van der Waals surface area contributed by atoms with Crippen molar-refractivity contribution in [1.29, 1.82) is 0 Å². The zero-order valence-corrected chi connectivity index (χ0v) is 13.6. The highest BCUT2D eigenvalue weighted by Gasteiger charge is 2.29. The first-order valence-corrected chi connectivity index (χ1v) is 7.87. The third kappa shape index (κ3) is 2.73. The second-order valence-corrected chi connectivity index (χ2v) is 6.12. The van der Waals surface area contributed by atoms with E-state index in [0.29, 0.717) is 13.2 Å². The third-order valence-electron chi connectivity index (χ3n) is 4.68. The molecule has 2 heterocycles. The van der Waals surface area contributed by atoms with E-state index in [9.17, 15) is 4.79 Å². The Morgan fingerprint density at radius 1 is 1.36 bits per heavy atom. The molecule has 0 radical (unpaired) electrons. The lowest BCUT2D eigenvalue weighted by molar-refractivity contribution is -0.121. The molecule has 118 valence electrons. The molecule has 0 aromatic heterocycles. The van der Waals surface area contributed by atoms with Gasteiger partial charge < -0.3 is 19.2 Å². The zero-order valence-electron chi connectivity index (χ0n) is 13.6. The van der Waals surface area contributed by atoms with Gasteiger partial charge in [0.05, 0.1) is 12.3 Å². The largest absolute Gasteiger partial charge is 0.481 e. The number of anilines is 1. The fraction of sp³-hybridized carbons (Fsp3) is 0.562. The van der Waals surface area contributed by atoms with E-state index in [1.807, 2.05) is 4.90 Å². The Morgan fingerprint density at radius 2 is 2.14 bits per heavy atom. The highest BCUT2D eigenvalue weighted by molar-refractivity contribution is 6.04. The molecule has 0 spiro atoms. The van der Waals surface area contributed by atoms with Gasteiger partial charge in [0.1, 0.15) is 5.75 Å². The quantitative estimate of drug-likeness (QED) is 0.754. The smallest absolute Gasteiger partial charge is 0.265 e. The number of hydrogen-bond donors (Lipinski definition) is 0. The van der Waals surface area contributed by atoms with Crippen LogP contribution in [0.4, 0.5) is 5.69 Å². The van der Waals surface area contributed by atoms with Gasteiger partial charge in [-0.05, 0) is 55.6 Å². The summed E-state index contributed by atoms with van der Waals surface area (Å²) in [6.45, 7) is 5.47. The van der Waals surface area contributed by atoms with Crippen LogP contribution in [0.2, 0.25) is 0 Å². The number of amides is 1. The van der Waals surface area contributed by atoms with Crippen LogP contribution in [0.5, 0.6) is 5.75 Å². The molecular weight excluding hydrogens is 279 g/mol. The van der Waals surface area contributed by atoms with Crippen molar-refractivity contribution in [3.63, 3.8) is 0 Å². The summed E-state index contributed by atoms with van der Waals surface area (Å²) in [6, 6.07) is 2.16. The standard InChI is InChI=1S/C16H23BN2O3/c1-11-13-4-6-18(17)5-3-12(13)9-14-16(11)22-10-15(20)19(14)7-8-21-2/h9H,3-8,10,17H2,1-2H3. The van der Waals surface area contributed by atoms with Crippen molar-refractivity contribution in [2.24, 2.45) is 0 Å². The molecule has 0 unspecified atom stereocenters. The van der Waals surface area contributed by atoms with E-state index in [2.05, 4.69) is 25.8 Å². The van der Waals surface area contributed by atoms with E-state index < -0.39 is 0 Å². The van der Waals surface area contributed by atoms with Crippen LogP contribution < -0.4 is 9.64 Å². The minimum absolute atomic E-state index is 0.00893. The van der Waals surface area contributed by atoms with Crippen LogP contribution in [0, 0.1) is 6.92 Å². The maximum absolute atomic E-state index is 12.2. The van der Waals surface area contributed by atoms with E-state index in [-0.39, 0.29) is 12.5 Å². The summed E-state index contributed by atoms with van der Waals surface area (Å²) in [4.78, 5) is 16.4. The van der Waals surface area contributed by atoms with Crippen molar-refractivity contribution < 1.29 is 14.3 Å². The topological polar surface area (TPSA) is 42.0 Å². The molecule has 6 heteroatoms. The van der Waals surface area contributed by atoms with Gasteiger partial charge in [0.25, 0.3) is 5.91 Å². The number of hydrogen-bond acceptors (Lipinski definition) is 4. The van der Waals surface area contributed by atoms with Gasteiger partial charge in [-0.3, -0.25) is 4.79 Å². The van der Waals surface area contributed by atoms with Gasteiger partial charge in [-0.2, -0.15) is 0 Å². The summed E-state index contributed by atoms with van der Waals surface area (Å²) in [5.41, 5.74) is 4.84. The van der Waals surface area contributed by atoms with Crippen molar-refractivity contribution in [1.82, 2.24) is 4.81 Å². The Kier molecular flexibility index (Phi) is 4.40. The fourth-order valence-corrected chi connectivity index (χ4v) is 3.34. The normalized spacial score (nSPS) is 18.5. The molecule has 1 aromatic carbocycles. The second-order valence-electron chi connectivity index (χ2n) is 6.12. The maximum Gasteiger partial charge on any atom is 0.265 e. The number of nitrogens with zero attached hydrogens (tertiary/aromatic N) is 2. The minimum atomic E-state index is 0.00893. The van der Waals surface area contributed by atoms with Gasteiger partial charge >= 0.3 is 0 Å². The SMILES string of the molecule is BN1CCc2cc3c(c(C)c2CC1)OCC(=O)N3CCOC. The molecule has 0 saturated carbocycles. The first-order chi connectivity index (χ1) is 10.6. The summed E-state index contributed by atoms with van der Waals surface area (Å²) in [5, 5.41) is 0. The molecule has 3 rings (SSSR count). The van der Waals surface area contributed by atoms with Gasteiger partial charge in [-0.1, -0.05) is 0 Å². The Balaban J connectivity index is 2.02. The molecule has 5 nitrogen and oxygen atoms in total. The summed E-state index contributed by atoms with van der Waals surface area (Å²) in [5.74, 6) is 0.883. The first kappa shape index (κ1) is 15.4. The Morgan fingerprint density at radius 3 is 2.91 bits per heavy atom. The van der Waals surface area contributed by atoms with Crippen LogP contribution in [-0.4, -0.2) is 58.7 Å². The van der Waals surface area contributed by atoms with E-state index in [1.165, 1.54) is 16.7 Å². The molecule has 0 bridgehead atoms. The molecule has 2 aliphatic rings. The predicted molar refractivity (Wildman–Crippen MR) is 88.4 cm³/mol. The van der Waals surface area contributed by atoms with Crippen LogP contribution in [-0.2, 0) is 22.4 Å². The fourth-order valence-electron chi connectivity index (χ4n) is 3.34. The predicted octanol–water partition coefficient (Wildman–Crippen LogP) is 0.316. The molecule has 22 heavy (non-hydrogen) atoms. The van der Waals surface area contributed by atoms with Gasteiger partial charge in [0, 0.05) is 13.7 Å². The summed E-state index contributed by atoms with van der Waals surface area (Å²) in [6.07, 6.45) is 2.06. The van der Waals surface area contributed by atoms with Crippen LogP contribution in [0.15, 0.2) is 6.07 Å². The van der Waals surface area contributed by atoms with Crippen molar-refractivity contribution >= 4 is 19.6 Å². The van der Waals surface area contributed by atoms with Gasteiger partial charge in [-0.15, -0.1) is 0 Å². The number of methoxy groups -OCH3 is 1. The highest BCUT2D eigenvalue weighted by Crippen LogP contribution is 2.39. The number of benzene rings is 1. The highest BCUT2D eigenvalue weighted by atomic mass is 16.5. The van der Waals surface area contributed by atoms with Crippen molar-refractivity contribution in [3.8, 4) is 5.75 Å². The Hall–Kier alpha value is -1.53. The molecule has 0 fully saturated rings. The van der Waals surface area contributed by atoms with E-state index in [1.54, 1.807) is 7.11 Å². The minimum Gasteiger partial charge on any atom is -0.481 e. The molecule has 0 saturated heterocycles. The molecule has 0 N–H and O–H groups in total. The molecule has 2 aliphatic heterocycles. The number of rotatable bonds is 3. The molecule has 0 atom stereocenters. The van der Waals surface area contributed by atoms with Crippen molar-refractivity contribution in [2.75, 3.05) is 44.9 Å². The number of ether oxygens (including phenoxy) is 2. The first-order valence-electron chi connectivity index (χ1n) is 7.87. The summed E-state index contributed by atoms with van der Waals surface area (Å²) in [7, 11) is 3.82. The van der Waals surface area contributed by atoms with Crippen LogP contribution in [0.3, 0.4) is 0 Å². The van der Waals surface area contributed by atoms with E-state index in [4.69, 9.17) is 9.47 Å². The van der Waals surface area contributed by atoms with Gasteiger partial charge in [-0.25, -0.2) is 0 Å². The lowest BCUT2D eigenvalue weighted by Crippen LogP contribution is -2.41. The number of carbonyl (C=O) groups excluding carboxylic acids is 1. The van der Waals surface area contributed by atoms with Crippen molar-refractivity contribution in [3.05, 3.63) is 22.8 Å². The number of fused-ring (bicyclic) bond motifs is 2. The summed E-state index contributed by atoms with van der Waals surface area (Å²) >= 11 is 0. The average molecular weight is 302 g/mol. The van der Waals surface area contributed by atoms with E-state index in [0.717, 1.165) is 37.4 Å². The lowest BCUT2D eigenvalue weighted by Gasteiger charge is -2.32. The Bertz CT molecular complexity index is 591. The summed E-state index contributed by atoms with van der Waals surface area (Å²) < 4.78 is 10.9. The molecule has 1 amide bonds. The third-order valence-corrected chi connectivity index (χ3v) is 4.68. The van der Waals surface area contributed by atoms with Crippen LogP contribution >= 0.6 is 0 Å². The molecule has 1 aromatic rings. The monoisotopic (exact) mass is 302 g/mol. The molecular formula is C16H23BN2O3. The average Bonchev–Trinajstić information content (AvgIpc) is 2.69. The van der Waals surface area contributed by atoms with E-state index >= 15 is 0 Å². The van der Waals surface area contributed by atoms with Crippen LogP contribution in [0.1, 0.15) is 16.7 Å². The van der Waals surface area contributed by atoms with Crippen molar-refractivity contribution in [2.45, 2.75) is 19.8 Å².